The predicted octanol–water partition coefficient (Wildman–Crippen LogP) is 5.84. The number of benzene rings is 4. The molecule has 38 heavy (non-hydrogen) atoms. The number of methoxy groups -OCH3 is 2. The molecule has 1 amide bonds. The summed E-state index contributed by atoms with van der Waals surface area (Å²) in [4.78, 5) is 14.0. The lowest BCUT2D eigenvalue weighted by molar-refractivity contribution is -0.118. The number of para-hydroxylation sites is 2. The van der Waals surface area contributed by atoms with Gasteiger partial charge in [0.05, 0.1) is 25.5 Å². The van der Waals surface area contributed by atoms with Crippen LogP contribution in [0.5, 0.6) is 11.5 Å². The molecule has 7 rings (SSSR count). The molecule has 1 atom stereocenters. The average Bonchev–Trinajstić information content (AvgIpc) is 3.49. The lowest BCUT2D eigenvalue weighted by Gasteiger charge is -2.37. The second-order valence-corrected chi connectivity index (χ2v) is 9.31. The van der Waals surface area contributed by atoms with Gasteiger partial charge in [0.2, 0.25) is 0 Å². The zero-order chi connectivity index (χ0) is 25.9. The molecule has 1 aromatic heterocycles. The summed E-state index contributed by atoms with van der Waals surface area (Å²) >= 11 is 0. The van der Waals surface area contributed by atoms with Crippen molar-refractivity contribution in [3.05, 3.63) is 108 Å². The number of fused-ring (bicyclic) bond motifs is 6. The number of hydrogen-bond acceptors (Lipinski definition) is 5. The van der Waals surface area contributed by atoms with Gasteiger partial charge in [-0.3, -0.25) is 4.79 Å². The predicted molar refractivity (Wildman–Crippen MR) is 147 cm³/mol. The minimum atomic E-state index is -1.20. The standard InChI is InChI=1S/C31H24N4O3/c1-37-25-17-21-23(18-26(25)38-2)31(22-15-9-10-16-24(22)32-30(31)36)33-29-27(21)28(19-11-5-3-6-12-19)34-35(29)20-13-7-4-8-14-20/h3-18,33H,1-2H3,(H,32,36)/t31-/m0/s1. The van der Waals surface area contributed by atoms with Gasteiger partial charge in [-0.1, -0.05) is 66.7 Å². The van der Waals surface area contributed by atoms with Gasteiger partial charge in [-0.2, -0.15) is 5.10 Å². The molecule has 1 spiro atoms. The van der Waals surface area contributed by atoms with Crippen LogP contribution in [0.25, 0.3) is 28.1 Å². The number of carbonyl (C=O) groups is 1. The van der Waals surface area contributed by atoms with Crippen LogP contribution in [0.2, 0.25) is 0 Å². The maximum absolute atomic E-state index is 14.0. The van der Waals surface area contributed by atoms with Gasteiger partial charge >= 0.3 is 0 Å². The third kappa shape index (κ3) is 2.96. The number of rotatable bonds is 4. The minimum absolute atomic E-state index is 0.167. The molecule has 2 aliphatic heterocycles. The van der Waals surface area contributed by atoms with E-state index in [-0.39, 0.29) is 5.91 Å². The number of nitrogens with zero attached hydrogens (tertiary/aromatic N) is 2. The first-order chi connectivity index (χ1) is 18.7. The van der Waals surface area contributed by atoms with Gasteiger partial charge in [-0.05, 0) is 35.9 Å². The highest BCUT2D eigenvalue weighted by molar-refractivity contribution is 6.14. The second-order valence-electron chi connectivity index (χ2n) is 9.31. The highest BCUT2D eigenvalue weighted by Gasteiger charge is 2.53. The molecule has 0 radical (unpaired) electrons. The summed E-state index contributed by atoms with van der Waals surface area (Å²) in [5.74, 6) is 1.68. The molecule has 0 aliphatic carbocycles. The van der Waals surface area contributed by atoms with Gasteiger partial charge in [-0.25, -0.2) is 4.68 Å². The second kappa shape index (κ2) is 8.24. The molecule has 0 unspecified atom stereocenters. The molecular formula is C31H24N4O3. The number of anilines is 2. The van der Waals surface area contributed by atoms with Crippen LogP contribution in [0.4, 0.5) is 11.5 Å². The van der Waals surface area contributed by atoms with E-state index >= 15 is 0 Å². The van der Waals surface area contributed by atoms with Gasteiger partial charge in [0.25, 0.3) is 5.91 Å². The Morgan fingerprint density at radius 2 is 1.45 bits per heavy atom. The first kappa shape index (κ1) is 22.2. The van der Waals surface area contributed by atoms with E-state index in [2.05, 4.69) is 10.6 Å². The molecule has 186 valence electrons. The summed E-state index contributed by atoms with van der Waals surface area (Å²) in [6, 6.07) is 31.6. The molecule has 2 N–H and O–H groups in total. The largest absolute Gasteiger partial charge is 0.493 e. The van der Waals surface area contributed by atoms with Crippen LogP contribution >= 0.6 is 0 Å². The smallest absolute Gasteiger partial charge is 0.259 e. The van der Waals surface area contributed by atoms with Crippen molar-refractivity contribution in [2.24, 2.45) is 0 Å². The van der Waals surface area contributed by atoms with Crippen LogP contribution in [0.3, 0.4) is 0 Å². The Balaban J connectivity index is 1.62. The molecule has 7 heteroatoms. The van der Waals surface area contributed by atoms with E-state index < -0.39 is 5.54 Å². The summed E-state index contributed by atoms with van der Waals surface area (Å²) in [7, 11) is 3.22. The highest BCUT2D eigenvalue weighted by atomic mass is 16.5. The summed E-state index contributed by atoms with van der Waals surface area (Å²) in [5.41, 5.74) is 5.57. The van der Waals surface area contributed by atoms with Gasteiger partial charge in [0.15, 0.2) is 17.0 Å². The number of aromatic nitrogens is 2. The van der Waals surface area contributed by atoms with Gasteiger partial charge in [0, 0.05) is 22.4 Å². The maximum Gasteiger partial charge on any atom is 0.259 e. The molecular weight excluding hydrogens is 476 g/mol. The highest BCUT2D eigenvalue weighted by Crippen LogP contribution is 2.56. The Labute approximate surface area is 219 Å². The van der Waals surface area contributed by atoms with Gasteiger partial charge < -0.3 is 20.1 Å². The topological polar surface area (TPSA) is 77.4 Å². The minimum Gasteiger partial charge on any atom is -0.493 e. The van der Waals surface area contributed by atoms with E-state index in [9.17, 15) is 4.79 Å². The molecule has 7 nitrogen and oxygen atoms in total. The first-order valence-electron chi connectivity index (χ1n) is 12.4. The van der Waals surface area contributed by atoms with E-state index in [1.54, 1.807) is 14.2 Å². The van der Waals surface area contributed by atoms with Crippen LogP contribution < -0.4 is 20.1 Å². The van der Waals surface area contributed by atoms with Crippen LogP contribution in [-0.2, 0) is 10.3 Å². The Bertz CT molecular complexity index is 1710. The van der Waals surface area contributed by atoms with Crippen LogP contribution in [0, 0.1) is 0 Å². The quantitative estimate of drug-likeness (QED) is 0.324. The number of hydrogen-bond donors (Lipinski definition) is 2. The van der Waals surface area contributed by atoms with Crippen molar-refractivity contribution in [1.82, 2.24) is 9.78 Å². The summed E-state index contributed by atoms with van der Waals surface area (Å²) in [6.07, 6.45) is 0. The van der Waals surface area contributed by atoms with Crippen molar-refractivity contribution < 1.29 is 14.3 Å². The Kier molecular flexibility index (Phi) is 4.81. The Morgan fingerprint density at radius 1 is 0.789 bits per heavy atom. The third-order valence-electron chi connectivity index (χ3n) is 7.36. The van der Waals surface area contributed by atoms with Crippen LogP contribution in [0.1, 0.15) is 11.1 Å². The molecule has 0 saturated heterocycles. The molecule has 5 aromatic rings. The van der Waals surface area contributed by atoms with E-state index in [1.807, 2.05) is 102 Å². The number of amides is 1. The molecule has 2 aliphatic rings. The fourth-order valence-electron chi connectivity index (χ4n) is 5.63. The van der Waals surface area contributed by atoms with Crippen molar-refractivity contribution in [3.63, 3.8) is 0 Å². The van der Waals surface area contributed by atoms with Crippen LogP contribution in [-0.4, -0.2) is 29.9 Å². The maximum atomic E-state index is 14.0. The fourth-order valence-corrected chi connectivity index (χ4v) is 5.63. The SMILES string of the molecule is COc1cc2c(cc1OC)[C@]1(Nc3c-2c(-c2ccccc2)nn3-c2ccccc2)C(=O)Nc2ccccc21. The van der Waals surface area contributed by atoms with Crippen molar-refractivity contribution >= 4 is 17.4 Å². The first-order valence-corrected chi connectivity index (χ1v) is 12.4. The summed E-state index contributed by atoms with van der Waals surface area (Å²) in [6.45, 7) is 0. The number of nitrogens with one attached hydrogen (secondary N) is 2. The Hall–Kier alpha value is -5.04. The third-order valence-corrected chi connectivity index (χ3v) is 7.36. The summed E-state index contributed by atoms with van der Waals surface area (Å²) < 4.78 is 13.3. The number of ether oxygens (including phenoxy) is 2. The number of carbonyl (C=O) groups excluding carboxylic acids is 1. The van der Waals surface area contributed by atoms with Crippen molar-refractivity contribution in [2.75, 3.05) is 24.9 Å². The lowest BCUT2D eigenvalue weighted by atomic mass is 9.76. The zero-order valence-electron chi connectivity index (χ0n) is 20.9. The zero-order valence-corrected chi connectivity index (χ0v) is 20.9. The molecule has 3 heterocycles. The molecule has 0 fully saturated rings. The summed E-state index contributed by atoms with van der Waals surface area (Å²) in [5, 5.41) is 11.9. The normalized spacial score (nSPS) is 16.7. The van der Waals surface area contributed by atoms with E-state index in [0.717, 1.165) is 50.7 Å². The Morgan fingerprint density at radius 3 is 2.18 bits per heavy atom. The van der Waals surface area contributed by atoms with Crippen molar-refractivity contribution in [2.45, 2.75) is 5.54 Å². The van der Waals surface area contributed by atoms with E-state index in [1.165, 1.54) is 0 Å². The molecule has 4 aromatic carbocycles. The average molecular weight is 501 g/mol. The van der Waals surface area contributed by atoms with Crippen molar-refractivity contribution in [3.8, 4) is 39.6 Å². The monoisotopic (exact) mass is 500 g/mol. The molecule has 0 bridgehead atoms. The van der Waals surface area contributed by atoms with Crippen LogP contribution in [0.15, 0.2) is 97.1 Å². The van der Waals surface area contributed by atoms with Gasteiger partial charge in [-0.15, -0.1) is 0 Å². The van der Waals surface area contributed by atoms with E-state index in [0.29, 0.717) is 11.5 Å². The fraction of sp³-hybridized carbons (Fsp3) is 0.0968. The molecule has 0 saturated carbocycles. The lowest BCUT2D eigenvalue weighted by Crippen LogP contribution is -2.46. The van der Waals surface area contributed by atoms with Gasteiger partial charge in [0.1, 0.15) is 11.5 Å². The van der Waals surface area contributed by atoms with Crippen molar-refractivity contribution in [1.29, 1.82) is 0 Å². The van der Waals surface area contributed by atoms with E-state index in [4.69, 9.17) is 14.6 Å².